The molecule has 0 aliphatic rings. The monoisotopic (exact) mass is 895 g/mol. The Morgan fingerprint density at radius 2 is 0.870 bits per heavy atom. The normalized spacial score (nSPS) is 11.8. The van der Waals surface area contributed by atoms with E-state index in [-0.39, 0.29) is 0 Å². The van der Waals surface area contributed by atoms with Gasteiger partial charge in [0.2, 0.25) is 0 Å². The Bertz CT molecular complexity index is 4180. The van der Waals surface area contributed by atoms with Gasteiger partial charge in [-0.25, -0.2) is 0 Å². The SMILES string of the molecule is c1ccc(-c2cc(-c3ccccc3)cc(-c3ccc(-c4cc5c(oc6cccc(N(c7ccc8ccccc8c7)c7ccc8ccccc8c7)c65)c5ccccc45)c4sc5ccccc5c34)c2)cc1. The Hall–Kier alpha value is -8.76. The highest BCUT2D eigenvalue weighted by Gasteiger charge is 2.24. The molecule has 3 heteroatoms. The van der Waals surface area contributed by atoms with Crippen LogP contribution in [0.1, 0.15) is 0 Å². The average molecular weight is 896 g/mol. The van der Waals surface area contributed by atoms with Crippen LogP contribution in [0.2, 0.25) is 0 Å². The van der Waals surface area contributed by atoms with Crippen LogP contribution >= 0.6 is 11.3 Å². The van der Waals surface area contributed by atoms with Crippen LogP contribution in [-0.2, 0) is 0 Å². The smallest absolute Gasteiger partial charge is 0.143 e. The van der Waals surface area contributed by atoms with Gasteiger partial charge in [-0.05, 0) is 133 Å². The predicted octanol–water partition coefficient (Wildman–Crippen LogP) is 19.6. The van der Waals surface area contributed by atoms with Gasteiger partial charge in [-0.2, -0.15) is 0 Å². The summed E-state index contributed by atoms with van der Waals surface area (Å²) in [6, 6.07) is 90.8. The van der Waals surface area contributed by atoms with Crippen molar-refractivity contribution in [2.45, 2.75) is 0 Å². The van der Waals surface area contributed by atoms with Crippen molar-refractivity contribution in [3.63, 3.8) is 0 Å². The molecule has 0 aliphatic heterocycles. The molecule has 14 rings (SSSR count). The molecule has 0 spiro atoms. The molecule has 322 valence electrons. The van der Waals surface area contributed by atoms with Gasteiger partial charge in [0.15, 0.2) is 0 Å². The van der Waals surface area contributed by atoms with Crippen LogP contribution in [0.25, 0.3) is 119 Å². The minimum Gasteiger partial charge on any atom is -0.455 e. The zero-order valence-electron chi connectivity index (χ0n) is 37.4. The highest BCUT2D eigenvalue weighted by Crippen LogP contribution is 2.51. The Kier molecular flexibility index (Phi) is 9.11. The van der Waals surface area contributed by atoms with Gasteiger partial charge in [-0.15, -0.1) is 11.3 Å². The number of hydrogen-bond donors (Lipinski definition) is 0. The van der Waals surface area contributed by atoms with E-state index in [1.807, 2.05) is 11.3 Å². The first-order chi connectivity index (χ1) is 34.2. The molecule has 2 heterocycles. The number of furan rings is 1. The molecule has 14 aromatic rings. The molecule has 2 aromatic heterocycles. The summed E-state index contributed by atoms with van der Waals surface area (Å²) in [5, 5.41) is 11.8. The standard InChI is InChI=1S/C66H41NOS/c1-3-16-42(17-4-1)48-36-49(43-18-5-2-6-19-43)38-50(37-48)53-34-35-56(66-63(53)57-26-13-14-29-62(57)69-66)58-41-59-64-60(27-15-28-61(64)68-65(59)55-25-12-11-24-54(55)58)67(51-32-30-44-20-7-9-22-46(44)39-51)52-33-31-45-21-8-10-23-47(45)40-52/h1-41H. The summed E-state index contributed by atoms with van der Waals surface area (Å²) in [4.78, 5) is 2.41. The maximum Gasteiger partial charge on any atom is 0.143 e. The maximum absolute atomic E-state index is 7.04. The van der Waals surface area contributed by atoms with E-state index >= 15 is 0 Å². The summed E-state index contributed by atoms with van der Waals surface area (Å²) in [6.45, 7) is 0. The first kappa shape index (κ1) is 39.4. The Balaban J connectivity index is 1.03. The summed E-state index contributed by atoms with van der Waals surface area (Å²) in [6.07, 6.45) is 0. The van der Waals surface area contributed by atoms with Crippen LogP contribution in [0.3, 0.4) is 0 Å². The summed E-state index contributed by atoms with van der Waals surface area (Å²) in [5.41, 5.74) is 14.6. The molecule has 0 saturated carbocycles. The van der Waals surface area contributed by atoms with E-state index < -0.39 is 0 Å². The van der Waals surface area contributed by atoms with Gasteiger partial charge in [0.05, 0.1) is 11.1 Å². The third-order valence-corrected chi connectivity index (χ3v) is 15.2. The van der Waals surface area contributed by atoms with E-state index in [0.29, 0.717) is 0 Å². The second kappa shape index (κ2) is 16.0. The van der Waals surface area contributed by atoms with Gasteiger partial charge in [0, 0.05) is 47.9 Å². The molecule has 0 bridgehead atoms. The van der Waals surface area contributed by atoms with Gasteiger partial charge in [0.1, 0.15) is 11.2 Å². The average Bonchev–Trinajstić information content (AvgIpc) is 4.01. The molecule has 0 aliphatic carbocycles. The lowest BCUT2D eigenvalue weighted by molar-refractivity contribution is 0.672. The zero-order chi connectivity index (χ0) is 45.4. The Morgan fingerprint density at radius 3 is 1.54 bits per heavy atom. The van der Waals surface area contributed by atoms with E-state index in [4.69, 9.17) is 4.42 Å². The first-order valence-corrected chi connectivity index (χ1v) is 24.4. The maximum atomic E-state index is 7.04. The zero-order valence-corrected chi connectivity index (χ0v) is 38.3. The second-order valence-corrected chi connectivity index (χ2v) is 19.0. The van der Waals surface area contributed by atoms with Gasteiger partial charge in [-0.1, -0.05) is 182 Å². The molecule has 0 saturated heterocycles. The molecule has 0 atom stereocenters. The molecule has 0 radical (unpaired) electrons. The van der Waals surface area contributed by atoms with Crippen LogP contribution in [0.5, 0.6) is 0 Å². The molecular formula is C66H41NOS. The second-order valence-electron chi connectivity index (χ2n) is 18.0. The van der Waals surface area contributed by atoms with Crippen LogP contribution in [0.15, 0.2) is 253 Å². The van der Waals surface area contributed by atoms with Gasteiger partial charge in [0.25, 0.3) is 0 Å². The summed E-state index contributed by atoms with van der Waals surface area (Å²) in [7, 11) is 0. The van der Waals surface area contributed by atoms with Crippen LogP contribution in [-0.4, -0.2) is 0 Å². The Labute approximate surface area is 403 Å². The van der Waals surface area contributed by atoms with Crippen molar-refractivity contribution in [3.05, 3.63) is 249 Å². The number of benzene rings is 12. The van der Waals surface area contributed by atoms with Crippen molar-refractivity contribution in [3.8, 4) is 44.5 Å². The van der Waals surface area contributed by atoms with Crippen LogP contribution in [0.4, 0.5) is 17.1 Å². The number of thiophene rings is 1. The number of nitrogens with zero attached hydrogens (tertiary/aromatic N) is 1. The minimum absolute atomic E-state index is 0.853. The van der Waals surface area contributed by atoms with Gasteiger partial charge in [-0.3, -0.25) is 0 Å². The molecule has 69 heavy (non-hydrogen) atoms. The third-order valence-electron chi connectivity index (χ3n) is 14.0. The lowest BCUT2D eigenvalue weighted by Crippen LogP contribution is -2.10. The van der Waals surface area contributed by atoms with Crippen LogP contribution in [0, 0.1) is 0 Å². The molecule has 0 amide bonds. The first-order valence-electron chi connectivity index (χ1n) is 23.6. The lowest BCUT2D eigenvalue weighted by atomic mass is 9.89. The number of rotatable bonds is 7. The van der Waals surface area contributed by atoms with Gasteiger partial charge < -0.3 is 9.32 Å². The third kappa shape index (κ3) is 6.54. The highest BCUT2D eigenvalue weighted by atomic mass is 32.1. The van der Waals surface area contributed by atoms with E-state index in [2.05, 4.69) is 254 Å². The van der Waals surface area contributed by atoms with E-state index in [1.54, 1.807) is 0 Å². The Morgan fingerprint density at radius 1 is 0.319 bits per heavy atom. The van der Waals surface area contributed by atoms with E-state index in [0.717, 1.165) is 49.8 Å². The summed E-state index contributed by atoms with van der Waals surface area (Å²) < 4.78 is 9.58. The van der Waals surface area contributed by atoms with Gasteiger partial charge >= 0.3 is 0 Å². The quantitative estimate of drug-likeness (QED) is 0.158. The van der Waals surface area contributed by atoms with E-state index in [9.17, 15) is 0 Å². The van der Waals surface area contributed by atoms with Crippen molar-refractivity contribution < 1.29 is 4.42 Å². The fraction of sp³-hybridized carbons (Fsp3) is 0. The van der Waals surface area contributed by atoms with Crippen LogP contribution < -0.4 is 4.90 Å². The predicted molar refractivity (Wildman–Crippen MR) is 296 cm³/mol. The number of anilines is 3. The van der Waals surface area contributed by atoms with Crippen molar-refractivity contribution >= 4 is 103 Å². The fourth-order valence-electron chi connectivity index (χ4n) is 10.8. The molecule has 0 fully saturated rings. The molecule has 12 aromatic carbocycles. The lowest BCUT2D eigenvalue weighted by Gasteiger charge is -2.27. The molecule has 0 N–H and O–H groups in total. The van der Waals surface area contributed by atoms with Crippen molar-refractivity contribution in [2.75, 3.05) is 4.90 Å². The minimum atomic E-state index is 0.853. The molecular weight excluding hydrogens is 855 g/mol. The summed E-state index contributed by atoms with van der Waals surface area (Å²) >= 11 is 1.89. The summed E-state index contributed by atoms with van der Waals surface area (Å²) in [5.74, 6) is 0. The number of fused-ring (bicyclic) bond motifs is 10. The van der Waals surface area contributed by atoms with Crippen molar-refractivity contribution in [1.29, 1.82) is 0 Å². The molecule has 0 unspecified atom stereocenters. The number of hydrogen-bond acceptors (Lipinski definition) is 3. The largest absolute Gasteiger partial charge is 0.455 e. The van der Waals surface area contributed by atoms with E-state index in [1.165, 1.54) is 86.2 Å². The molecule has 2 nitrogen and oxygen atoms in total. The van der Waals surface area contributed by atoms with Crippen molar-refractivity contribution in [1.82, 2.24) is 0 Å². The fourth-order valence-corrected chi connectivity index (χ4v) is 12.0. The highest BCUT2D eigenvalue weighted by molar-refractivity contribution is 7.26. The topological polar surface area (TPSA) is 16.4 Å². The van der Waals surface area contributed by atoms with Crippen molar-refractivity contribution in [2.24, 2.45) is 0 Å².